The van der Waals surface area contributed by atoms with Gasteiger partial charge in [0, 0.05) is 17.7 Å². The minimum atomic E-state index is -0.423. The highest BCUT2D eigenvalue weighted by atomic mass is 19.1. The Bertz CT molecular complexity index is 838. The van der Waals surface area contributed by atoms with Crippen LogP contribution in [-0.4, -0.2) is 26.7 Å². The molecule has 0 amide bonds. The van der Waals surface area contributed by atoms with Crippen LogP contribution in [0.25, 0.3) is 11.0 Å². The molecular weight excluding hydrogens is 275 g/mol. The van der Waals surface area contributed by atoms with E-state index in [-0.39, 0.29) is 23.9 Å². The highest BCUT2D eigenvalue weighted by Gasteiger charge is 2.20. The molecule has 0 spiro atoms. The Hall–Kier alpha value is -2.67. The van der Waals surface area contributed by atoms with Gasteiger partial charge in [0.15, 0.2) is 0 Å². The summed E-state index contributed by atoms with van der Waals surface area (Å²) in [7, 11) is 0. The zero-order valence-electron chi connectivity index (χ0n) is 10.9. The first-order valence-electron chi connectivity index (χ1n) is 6.33. The summed E-state index contributed by atoms with van der Waals surface area (Å²) < 4.78 is 13.0. The van der Waals surface area contributed by atoms with E-state index < -0.39 is 5.92 Å². The quantitative estimate of drug-likeness (QED) is 0.578. The van der Waals surface area contributed by atoms with Crippen molar-refractivity contribution >= 4 is 17.0 Å². The first-order valence-corrected chi connectivity index (χ1v) is 6.33. The number of nitrogen functional groups attached to an aromatic ring is 1. The number of aromatic amines is 2. The molecule has 5 N–H and O–H groups in total. The van der Waals surface area contributed by atoms with Crippen LogP contribution in [0, 0.1) is 5.82 Å². The van der Waals surface area contributed by atoms with Gasteiger partial charge in [0.2, 0.25) is 5.95 Å². The molecule has 0 aliphatic rings. The molecule has 0 saturated carbocycles. The third-order valence-electron chi connectivity index (χ3n) is 3.41. The van der Waals surface area contributed by atoms with Crippen LogP contribution >= 0.6 is 0 Å². The van der Waals surface area contributed by atoms with E-state index in [1.165, 1.54) is 12.1 Å². The molecule has 2 aromatic heterocycles. The Balaban J connectivity index is 2.17. The van der Waals surface area contributed by atoms with Crippen molar-refractivity contribution in [3.8, 4) is 0 Å². The number of hydrogen-bond donors (Lipinski definition) is 4. The van der Waals surface area contributed by atoms with Gasteiger partial charge < -0.3 is 15.8 Å². The number of anilines is 1. The second kappa shape index (κ2) is 5.02. The van der Waals surface area contributed by atoms with E-state index in [0.29, 0.717) is 16.6 Å². The Morgan fingerprint density at radius 3 is 2.71 bits per heavy atom. The summed E-state index contributed by atoms with van der Waals surface area (Å²) in [6.45, 7) is -0.201. The van der Waals surface area contributed by atoms with E-state index in [0.717, 1.165) is 5.56 Å². The summed E-state index contributed by atoms with van der Waals surface area (Å²) in [6, 6.07) is 5.82. The number of hydrogen-bond acceptors (Lipinski definition) is 4. The average Bonchev–Trinajstić information content (AvgIpc) is 2.86. The summed E-state index contributed by atoms with van der Waals surface area (Å²) in [4.78, 5) is 21.1. The average molecular weight is 288 g/mol. The molecule has 1 aromatic carbocycles. The van der Waals surface area contributed by atoms with Gasteiger partial charge in [-0.25, -0.2) is 9.37 Å². The first-order chi connectivity index (χ1) is 10.1. The molecule has 0 fully saturated rings. The van der Waals surface area contributed by atoms with Gasteiger partial charge >= 0.3 is 0 Å². The van der Waals surface area contributed by atoms with Crippen LogP contribution in [0.4, 0.5) is 10.3 Å². The van der Waals surface area contributed by atoms with Crippen molar-refractivity contribution in [3.05, 3.63) is 57.8 Å². The van der Waals surface area contributed by atoms with Crippen molar-refractivity contribution in [1.82, 2.24) is 15.0 Å². The topological polar surface area (TPSA) is 108 Å². The lowest BCUT2D eigenvalue weighted by Gasteiger charge is -2.13. The first kappa shape index (κ1) is 13.3. The fraction of sp³-hybridized carbons (Fsp3) is 0.143. The number of aliphatic hydroxyl groups is 1. The zero-order valence-corrected chi connectivity index (χ0v) is 10.9. The van der Waals surface area contributed by atoms with Gasteiger partial charge in [-0.05, 0) is 17.7 Å². The molecular formula is C14H13FN4O2. The standard InChI is InChI=1S/C14H13FN4O2/c15-8-3-1-7(2-4-8)10(6-20)9-5-17-12-11(9)18-14(16)19-13(12)21/h1-5,10,17,20H,6H2,(H3,16,18,19,21)/t10-/m0/s1. The van der Waals surface area contributed by atoms with Crippen molar-refractivity contribution in [1.29, 1.82) is 0 Å². The fourth-order valence-electron chi connectivity index (χ4n) is 2.40. The molecule has 6 nitrogen and oxygen atoms in total. The normalized spacial score (nSPS) is 12.7. The largest absolute Gasteiger partial charge is 0.395 e. The molecule has 0 unspecified atom stereocenters. The van der Waals surface area contributed by atoms with Crippen molar-refractivity contribution < 1.29 is 9.50 Å². The lowest BCUT2D eigenvalue weighted by molar-refractivity contribution is 0.281. The Kier molecular flexibility index (Phi) is 3.19. The third-order valence-corrected chi connectivity index (χ3v) is 3.41. The number of fused-ring (bicyclic) bond motifs is 1. The van der Waals surface area contributed by atoms with Crippen LogP contribution in [-0.2, 0) is 0 Å². The Morgan fingerprint density at radius 1 is 1.33 bits per heavy atom. The lowest BCUT2D eigenvalue weighted by Crippen LogP contribution is -2.12. The van der Waals surface area contributed by atoms with Crippen LogP contribution < -0.4 is 11.3 Å². The van der Waals surface area contributed by atoms with E-state index in [4.69, 9.17) is 5.73 Å². The highest BCUT2D eigenvalue weighted by molar-refractivity contribution is 5.80. The highest BCUT2D eigenvalue weighted by Crippen LogP contribution is 2.28. The minimum absolute atomic E-state index is 0.00384. The lowest BCUT2D eigenvalue weighted by atomic mass is 9.93. The zero-order chi connectivity index (χ0) is 15.0. The van der Waals surface area contributed by atoms with Crippen LogP contribution in [0.1, 0.15) is 17.0 Å². The second-order valence-electron chi connectivity index (χ2n) is 4.71. The number of nitrogens with two attached hydrogens (primary N) is 1. The van der Waals surface area contributed by atoms with Crippen molar-refractivity contribution in [2.24, 2.45) is 0 Å². The van der Waals surface area contributed by atoms with Crippen molar-refractivity contribution in [2.45, 2.75) is 5.92 Å². The molecule has 0 aliphatic carbocycles. The molecule has 7 heteroatoms. The number of benzene rings is 1. The number of nitrogens with zero attached hydrogens (tertiary/aromatic N) is 1. The van der Waals surface area contributed by atoms with E-state index in [1.54, 1.807) is 18.3 Å². The second-order valence-corrected chi connectivity index (χ2v) is 4.71. The number of rotatable bonds is 3. The molecule has 3 aromatic rings. The minimum Gasteiger partial charge on any atom is -0.395 e. The predicted molar refractivity (Wildman–Crippen MR) is 76.5 cm³/mol. The van der Waals surface area contributed by atoms with Crippen LogP contribution in [0.2, 0.25) is 0 Å². The van der Waals surface area contributed by atoms with Gasteiger partial charge in [-0.3, -0.25) is 9.78 Å². The number of nitrogens with one attached hydrogen (secondary N) is 2. The van der Waals surface area contributed by atoms with Crippen LogP contribution in [0.5, 0.6) is 0 Å². The van der Waals surface area contributed by atoms with E-state index in [9.17, 15) is 14.3 Å². The van der Waals surface area contributed by atoms with Gasteiger partial charge in [-0.2, -0.15) is 0 Å². The summed E-state index contributed by atoms with van der Waals surface area (Å²) >= 11 is 0. The molecule has 0 aliphatic heterocycles. The molecule has 3 rings (SSSR count). The van der Waals surface area contributed by atoms with Gasteiger partial charge in [0.25, 0.3) is 5.56 Å². The monoisotopic (exact) mass is 288 g/mol. The summed E-state index contributed by atoms with van der Waals surface area (Å²) in [5.74, 6) is -0.773. The van der Waals surface area contributed by atoms with Gasteiger partial charge in [-0.15, -0.1) is 0 Å². The Morgan fingerprint density at radius 2 is 2.05 bits per heavy atom. The smallest absolute Gasteiger partial charge is 0.276 e. The maximum atomic E-state index is 13.0. The molecule has 21 heavy (non-hydrogen) atoms. The molecule has 0 bridgehead atoms. The van der Waals surface area contributed by atoms with Crippen LogP contribution in [0.3, 0.4) is 0 Å². The fourth-order valence-corrected chi connectivity index (χ4v) is 2.40. The number of halogens is 1. The number of aromatic nitrogens is 3. The molecule has 0 radical (unpaired) electrons. The molecule has 108 valence electrons. The van der Waals surface area contributed by atoms with E-state index >= 15 is 0 Å². The van der Waals surface area contributed by atoms with E-state index in [2.05, 4.69) is 15.0 Å². The van der Waals surface area contributed by atoms with Gasteiger partial charge in [-0.1, -0.05) is 12.1 Å². The SMILES string of the molecule is Nc1nc2c([C@@H](CO)c3ccc(F)cc3)c[nH]c2c(=O)[nH]1. The predicted octanol–water partition coefficient (Wildman–Crippen LogP) is 1.10. The molecule has 0 saturated heterocycles. The van der Waals surface area contributed by atoms with E-state index in [1.807, 2.05) is 0 Å². The van der Waals surface area contributed by atoms with Gasteiger partial charge in [0.1, 0.15) is 16.9 Å². The summed E-state index contributed by atoms with van der Waals surface area (Å²) in [5.41, 5.74) is 7.24. The van der Waals surface area contributed by atoms with Crippen LogP contribution in [0.15, 0.2) is 35.3 Å². The van der Waals surface area contributed by atoms with Gasteiger partial charge in [0.05, 0.1) is 6.61 Å². The van der Waals surface area contributed by atoms with Crippen molar-refractivity contribution in [3.63, 3.8) is 0 Å². The van der Waals surface area contributed by atoms with Crippen molar-refractivity contribution in [2.75, 3.05) is 12.3 Å². The Labute approximate surface area is 118 Å². The maximum absolute atomic E-state index is 13.0. The molecule has 2 heterocycles. The number of H-pyrrole nitrogens is 2. The molecule has 1 atom stereocenters. The number of aliphatic hydroxyl groups excluding tert-OH is 1. The summed E-state index contributed by atoms with van der Waals surface area (Å²) in [6.07, 6.45) is 1.61. The maximum Gasteiger partial charge on any atom is 0.276 e. The summed E-state index contributed by atoms with van der Waals surface area (Å²) in [5, 5.41) is 9.67. The third kappa shape index (κ3) is 2.27.